The molecular weight excluding hydrogens is 230 g/mol. The molecule has 0 spiro atoms. The lowest BCUT2D eigenvalue weighted by Gasteiger charge is -2.13. The van der Waals surface area contributed by atoms with Crippen LogP contribution in [0, 0.1) is 6.92 Å². The summed E-state index contributed by atoms with van der Waals surface area (Å²) < 4.78 is 0. The number of carbonyl (C=O) groups is 1. The van der Waals surface area contributed by atoms with Gasteiger partial charge in [-0.25, -0.2) is 4.79 Å². The summed E-state index contributed by atoms with van der Waals surface area (Å²) in [6.45, 7) is 2.81. The van der Waals surface area contributed by atoms with Crippen LogP contribution in [-0.2, 0) is 0 Å². The minimum absolute atomic E-state index is 0.0765. The van der Waals surface area contributed by atoms with Crippen LogP contribution in [0.15, 0.2) is 24.3 Å². The van der Waals surface area contributed by atoms with Gasteiger partial charge in [-0.1, -0.05) is 17.7 Å². The number of aliphatic hydroxyl groups excluding tert-OH is 1. The Morgan fingerprint density at radius 3 is 2.78 bits per heavy atom. The quantitative estimate of drug-likeness (QED) is 0.641. The zero-order valence-electron chi connectivity index (χ0n) is 10.4. The number of aliphatic hydroxyl groups is 1. The van der Waals surface area contributed by atoms with Gasteiger partial charge in [0.15, 0.2) is 0 Å². The molecule has 1 saturated heterocycles. The Morgan fingerprint density at radius 1 is 1.44 bits per heavy atom. The first-order valence-corrected chi connectivity index (χ1v) is 6.16. The molecule has 1 aliphatic heterocycles. The molecule has 0 unspecified atom stereocenters. The maximum absolute atomic E-state index is 11.7. The molecule has 1 aromatic rings. The van der Waals surface area contributed by atoms with Crippen LogP contribution in [0.2, 0.25) is 0 Å². The minimum atomic E-state index is -0.204. The van der Waals surface area contributed by atoms with E-state index >= 15 is 0 Å². The Kier molecular flexibility index (Phi) is 4.17. The van der Waals surface area contributed by atoms with Crippen molar-refractivity contribution < 1.29 is 9.90 Å². The minimum Gasteiger partial charge on any atom is -0.395 e. The molecule has 1 fully saturated rings. The van der Waals surface area contributed by atoms with Crippen molar-refractivity contribution in [1.82, 2.24) is 10.6 Å². The average molecular weight is 249 g/mol. The molecule has 2 atom stereocenters. The van der Waals surface area contributed by atoms with E-state index in [0.717, 1.165) is 17.7 Å². The molecule has 0 aromatic heterocycles. The molecule has 2 amide bonds. The Bertz CT molecular complexity index is 405. The number of benzene rings is 1. The molecule has 5 heteroatoms. The third-order valence-electron chi connectivity index (χ3n) is 3.09. The van der Waals surface area contributed by atoms with Crippen molar-refractivity contribution >= 4 is 11.7 Å². The SMILES string of the molecule is Cc1ccc(NC(=O)N[C@@H]2CN[C@H](CO)C2)cc1. The number of aryl methyl sites for hydroxylation is 1. The lowest BCUT2D eigenvalue weighted by Crippen LogP contribution is -2.39. The van der Waals surface area contributed by atoms with Crippen LogP contribution in [0.4, 0.5) is 10.5 Å². The summed E-state index contributed by atoms with van der Waals surface area (Å²) in [6.07, 6.45) is 0.762. The van der Waals surface area contributed by atoms with E-state index in [9.17, 15) is 4.79 Å². The van der Waals surface area contributed by atoms with Crippen LogP contribution in [0.1, 0.15) is 12.0 Å². The highest BCUT2D eigenvalue weighted by molar-refractivity contribution is 5.89. The predicted molar refractivity (Wildman–Crippen MR) is 70.6 cm³/mol. The summed E-state index contributed by atoms with van der Waals surface area (Å²) in [5.74, 6) is 0. The van der Waals surface area contributed by atoms with Crippen molar-refractivity contribution in [1.29, 1.82) is 0 Å². The fraction of sp³-hybridized carbons (Fsp3) is 0.462. The van der Waals surface area contributed by atoms with Gasteiger partial charge in [0.25, 0.3) is 0 Å². The number of rotatable bonds is 3. The third kappa shape index (κ3) is 3.45. The Hall–Kier alpha value is -1.59. The second-order valence-corrected chi connectivity index (χ2v) is 4.68. The molecule has 0 radical (unpaired) electrons. The average Bonchev–Trinajstić information content (AvgIpc) is 2.79. The number of carbonyl (C=O) groups excluding carboxylic acids is 1. The molecule has 98 valence electrons. The second-order valence-electron chi connectivity index (χ2n) is 4.68. The molecule has 1 aliphatic rings. The molecule has 1 aromatic carbocycles. The van der Waals surface area contributed by atoms with Crippen LogP contribution < -0.4 is 16.0 Å². The van der Waals surface area contributed by atoms with E-state index in [2.05, 4.69) is 16.0 Å². The summed E-state index contributed by atoms with van der Waals surface area (Å²) in [5, 5.41) is 17.8. The van der Waals surface area contributed by atoms with Gasteiger partial charge in [0.1, 0.15) is 0 Å². The van der Waals surface area contributed by atoms with E-state index in [1.165, 1.54) is 0 Å². The molecular formula is C13H19N3O2. The van der Waals surface area contributed by atoms with Crippen LogP contribution in [0.25, 0.3) is 0 Å². The van der Waals surface area contributed by atoms with Gasteiger partial charge in [-0.2, -0.15) is 0 Å². The molecule has 4 N–H and O–H groups in total. The zero-order chi connectivity index (χ0) is 13.0. The van der Waals surface area contributed by atoms with E-state index < -0.39 is 0 Å². The third-order valence-corrected chi connectivity index (χ3v) is 3.09. The molecule has 2 rings (SSSR count). The monoisotopic (exact) mass is 249 g/mol. The Labute approximate surface area is 107 Å². The van der Waals surface area contributed by atoms with Gasteiger partial charge in [-0.3, -0.25) is 0 Å². The van der Waals surface area contributed by atoms with Gasteiger partial charge in [0, 0.05) is 24.3 Å². The van der Waals surface area contributed by atoms with Crippen molar-refractivity contribution in [3.8, 4) is 0 Å². The van der Waals surface area contributed by atoms with Crippen LogP contribution in [0.3, 0.4) is 0 Å². The van der Waals surface area contributed by atoms with Crippen LogP contribution in [-0.4, -0.2) is 36.4 Å². The van der Waals surface area contributed by atoms with Crippen molar-refractivity contribution in [3.05, 3.63) is 29.8 Å². The first kappa shape index (κ1) is 12.9. The summed E-state index contributed by atoms with van der Waals surface area (Å²) in [5.41, 5.74) is 1.94. The molecule has 0 saturated carbocycles. The zero-order valence-corrected chi connectivity index (χ0v) is 10.4. The second kappa shape index (κ2) is 5.84. The van der Waals surface area contributed by atoms with E-state index in [0.29, 0.717) is 6.54 Å². The number of urea groups is 1. The van der Waals surface area contributed by atoms with Gasteiger partial charge in [-0.05, 0) is 25.5 Å². The Balaban J connectivity index is 1.80. The number of nitrogens with one attached hydrogen (secondary N) is 3. The normalized spacial score (nSPS) is 22.8. The van der Waals surface area contributed by atoms with Crippen molar-refractivity contribution in [2.24, 2.45) is 0 Å². The summed E-state index contributed by atoms with van der Waals surface area (Å²) >= 11 is 0. The summed E-state index contributed by atoms with van der Waals surface area (Å²) in [6, 6.07) is 7.62. The van der Waals surface area contributed by atoms with Crippen LogP contribution >= 0.6 is 0 Å². The predicted octanol–water partition coefficient (Wildman–Crippen LogP) is 0.839. The maximum Gasteiger partial charge on any atom is 0.319 e. The number of hydrogen-bond donors (Lipinski definition) is 4. The molecule has 0 aliphatic carbocycles. The summed E-state index contributed by atoms with van der Waals surface area (Å²) in [7, 11) is 0. The van der Waals surface area contributed by atoms with Gasteiger partial charge < -0.3 is 21.1 Å². The standard InChI is InChI=1S/C13H19N3O2/c1-9-2-4-10(5-3-9)15-13(18)16-11-6-12(8-17)14-7-11/h2-5,11-12,14,17H,6-8H2,1H3,(H2,15,16,18)/t11-,12-/m0/s1. The number of amides is 2. The van der Waals surface area contributed by atoms with Gasteiger partial charge in [-0.15, -0.1) is 0 Å². The van der Waals surface area contributed by atoms with E-state index in [-0.39, 0.29) is 24.7 Å². The van der Waals surface area contributed by atoms with E-state index in [1.807, 2.05) is 31.2 Å². The van der Waals surface area contributed by atoms with Crippen molar-refractivity contribution in [3.63, 3.8) is 0 Å². The smallest absolute Gasteiger partial charge is 0.319 e. The fourth-order valence-corrected chi connectivity index (χ4v) is 2.06. The van der Waals surface area contributed by atoms with Gasteiger partial charge in [0.05, 0.1) is 6.61 Å². The topological polar surface area (TPSA) is 73.4 Å². The lowest BCUT2D eigenvalue weighted by molar-refractivity contribution is 0.245. The van der Waals surface area contributed by atoms with Gasteiger partial charge >= 0.3 is 6.03 Å². The number of anilines is 1. The largest absolute Gasteiger partial charge is 0.395 e. The molecule has 0 bridgehead atoms. The van der Waals surface area contributed by atoms with E-state index in [1.54, 1.807) is 0 Å². The summed E-state index contributed by atoms with van der Waals surface area (Å²) in [4.78, 5) is 11.7. The van der Waals surface area contributed by atoms with Crippen molar-refractivity contribution in [2.75, 3.05) is 18.5 Å². The molecule has 1 heterocycles. The highest BCUT2D eigenvalue weighted by atomic mass is 16.3. The first-order chi connectivity index (χ1) is 8.67. The lowest BCUT2D eigenvalue weighted by atomic mass is 10.2. The first-order valence-electron chi connectivity index (χ1n) is 6.16. The number of hydrogen-bond acceptors (Lipinski definition) is 3. The van der Waals surface area contributed by atoms with E-state index in [4.69, 9.17) is 5.11 Å². The Morgan fingerprint density at radius 2 is 2.17 bits per heavy atom. The highest BCUT2D eigenvalue weighted by Gasteiger charge is 2.24. The van der Waals surface area contributed by atoms with Crippen LogP contribution in [0.5, 0.6) is 0 Å². The highest BCUT2D eigenvalue weighted by Crippen LogP contribution is 2.09. The maximum atomic E-state index is 11.7. The molecule has 5 nitrogen and oxygen atoms in total. The van der Waals surface area contributed by atoms with Crippen molar-refractivity contribution in [2.45, 2.75) is 25.4 Å². The fourth-order valence-electron chi connectivity index (χ4n) is 2.06. The van der Waals surface area contributed by atoms with Gasteiger partial charge in [0.2, 0.25) is 0 Å². The molecule has 18 heavy (non-hydrogen) atoms.